The Kier molecular flexibility index (Phi) is 7.74. The molecule has 0 unspecified atom stereocenters. The number of sulfone groups is 1. The number of ether oxygens (including phenoxy) is 1. The summed E-state index contributed by atoms with van der Waals surface area (Å²) >= 11 is 0. The van der Waals surface area contributed by atoms with E-state index in [9.17, 15) is 8.42 Å². The number of hydrogen-bond donors (Lipinski definition) is 1. The van der Waals surface area contributed by atoms with Crippen LogP contribution < -0.4 is 9.64 Å². The van der Waals surface area contributed by atoms with Gasteiger partial charge in [-0.2, -0.15) is 0 Å². The highest BCUT2D eigenvalue weighted by atomic mass is 32.2. The molecule has 1 aromatic heterocycles. The number of imidazole rings is 1. The zero-order chi connectivity index (χ0) is 22.3. The summed E-state index contributed by atoms with van der Waals surface area (Å²) in [7, 11) is -3.56. The number of H-pyrrole nitrogens is 1. The topological polar surface area (TPSA) is 75.3 Å². The van der Waals surface area contributed by atoms with Gasteiger partial charge in [-0.1, -0.05) is 44.9 Å². The van der Waals surface area contributed by atoms with E-state index in [1.165, 1.54) is 6.26 Å². The number of hydrogen-bond acceptors (Lipinski definition) is 5. The van der Waals surface area contributed by atoms with Crippen molar-refractivity contribution in [2.75, 3.05) is 24.2 Å². The Labute approximate surface area is 185 Å². The highest BCUT2D eigenvalue weighted by Gasteiger charge is 2.25. The van der Waals surface area contributed by atoms with Crippen molar-refractivity contribution in [3.05, 3.63) is 54.9 Å². The number of nitrogens with one attached hydrogen (secondary N) is 1. The fraction of sp³-hybridized carbons (Fsp3) is 0.375. The average molecular weight is 442 g/mol. The van der Waals surface area contributed by atoms with Crippen molar-refractivity contribution < 1.29 is 13.2 Å². The molecule has 2 aromatic carbocycles. The van der Waals surface area contributed by atoms with Crippen LogP contribution in [0.1, 0.15) is 39.5 Å². The fourth-order valence-corrected chi connectivity index (χ4v) is 4.24. The fourth-order valence-electron chi connectivity index (χ4n) is 3.42. The molecular formula is C24H31N3O3S. The summed E-state index contributed by atoms with van der Waals surface area (Å²) in [4.78, 5) is 9.83. The summed E-state index contributed by atoms with van der Waals surface area (Å²) in [6, 6.07) is 12.9. The summed E-state index contributed by atoms with van der Waals surface area (Å²) in [5, 5.41) is 0. The number of aromatic amines is 1. The average Bonchev–Trinajstić information content (AvgIpc) is 3.29. The Morgan fingerprint density at radius 3 is 2.26 bits per heavy atom. The Morgan fingerprint density at radius 1 is 1.03 bits per heavy atom. The van der Waals surface area contributed by atoms with Gasteiger partial charge in [-0.15, -0.1) is 0 Å². The minimum absolute atomic E-state index is 0.165. The third-order valence-electron chi connectivity index (χ3n) is 5.07. The van der Waals surface area contributed by atoms with Crippen LogP contribution in [0.15, 0.2) is 59.8 Å². The van der Waals surface area contributed by atoms with Gasteiger partial charge in [-0.3, -0.25) is 0 Å². The monoisotopic (exact) mass is 441 g/mol. The van der Waals surface area contributed by atoms with Crippen LogP contribution in [-0.4, -0.2) is 37.7 Å². The molecule has 3 aromatic rings. The number of nitrogens with zero attached hydrogens (tertiary/aromatic N) is 2. The van der Waals surface area contributed by atoms with E-state index in [0.717, 1.165) is 50.0 Å². The summed E-state index contributed by atoms with van der Waals surface area (Å²) < 4.78 is 31.9. The maximum atomic E-state index is 12.8. The summed E-state index contributed by atoms with van der Waals surface area (Å²) in [6.45, 7) is 5.96. The molecule has 0 amide bonds. The van der Waals surface area contributed by atoms with Crippen LogP contribution in [0.5, 0.6) is 11.5 Å². The molecule has 0 aliphatic carbocycles. The molecule has 31 heavy (non-hydrogen) atoms. The van der Waals surface area contributed by atoms with Gasteiger partial charge in [0, 0.05) is 37.3 Å². The van der Waals surface area contributed by atoms with Gasteiger partial charge in [0.15, 0.2) is 15.6 Å². The van der Waals surface area contributed by atoms with E-state index in [1.54, 1.807) is 18.5 Å². The quantitative estimate of drug-likeness (QED) is 0.414. The minimum atomic E-state index is -3.56. The maximum Gasteiger partial charge on any atom is 0.179 e. The summed E-state index contributed by atoms with van der Waals surface area (Å²) in [5.74, 6) is 1.60. The lowest BCUT2D eigenvalue weighted by molar-refractivity contribution is 0.465. The molecular weight excluding hydrogens is 410 g/mol. The Balaban J connectivity index is 2.22. The Hall–Kier alpha value is -2.80. The second kappa shape index (κ2) is 10.5. The lowest BCUT2D eigenvalue weighted by atomic mass is 10.1. The second-order valence-electron chi connectivity index (χ2n) is 7.64. The van der Waals surface area contributed by atoms with Gasteiger partial charge >= 0.3 is 0 Å². The van der Waals surface area contributed by atoms with Gasteiger partial charge in [-0.25, -0.2) is 13.4 Å². The zero-order valence-electron chi connectivity index (χ0n) is 18.5. The third-order valence-corrected chi connectivity index (χ3v) is 6.18. The minimum Gasteiger partial charge on any atom is -0.454 e. The predicted octanol–water partition coefficient (Wildman–Crippen LogP) is 5.68. The molecule has 0 spiro atoms. The molecule has 0 saturated heterocycles. The smallest absolute Gasteiger partial charge is 0.179 e. The highest BCUT2D eigenvalue weighted by molar-refractivity contribution is 7.90. The van der Waals surface area contributed by atoms with Crippen LogP contribution in [0.3, 0.4) is 0 Å². The van der Waals surface area contributed by atoms with Crippen LogP contribution >= 0.6 is 0 Å². The number of rotatable bonds is 11. The van der Waals surface area contributed by atoms with Crippen molar-refractivity contribution in [2.45, 2.75) is 44.4 Å². The van der Waals surface area contributed by atoms with Crippen molar-refractivity contribution in [1.82, 2.24) is 9.97 Å². The lowest BCUT2D eigenvalue weighted by Gasteiger charge is -2.28. The molecule has 1 N–H and O–H groups in total. The van der Waals surface area contributed by atoms with Gasteiger partial charge in [0.1, 0.15) is 16.5 Å². The molecule has 1 heterocycles. The van der Waals surface area contributed by atoms with Crippen molar-refractivity contribution in [2.24, 2.45) is 0 Å². The Morgan fingerprint density at radius 2 is 1.71 bits per heavy atom. The molecule has 6 nitrogen and oxygen atoms in total. The standard InChI is InChI=1S/C24H31N3O3S/c1-4-6-15-27(16-7-5-2)21-17-19(24-25-13-14-26-24)18-22(31(3,28)29)23(21)30-20-11-9-8-10-12-20/h8-14,17-18H,4-7,15-16H2,1-3H3,(H,25,26). The van der Waals surface area contributed by atoms with Gasteiger partial charge in [0.05, 0.1) is 5.69 Å². The third kappa shape index (κ3) is 5.88. The van der Waals surface area contributed by atoms with Crippen molar-refractivity contribution in [3.8, 4) is 22.9 Å². The molecule has 0 aliphatic heterocycles. The first-order valence-electron chi connectivity index (χ1n) is 10.8. The molecule has 7 heteroatoms. The highest BCUT2D eigenvalue weighted by Crippen LogP contribution is 2.41. The molecule has 0 radical (unpaired) electrons. The number of para-hydroxylation sites is 1. The van der Waals surface area contributed by atoms with Crippen molar-refractivity contribution in [1.29, 1.82) is 0 Å². The normalized spacial score (nSPS) is 11.5. The van der Waals surface area contributed by atoms with E-state index < -0.39 is 9.84 Å². The van der Waals surface area contributed by atoms with Crippen molar-refractivity contribution >= 4 is 15.5 Å². The van der Waals surface area contributed by atoms with Gasteiger partial charge in [0.2, 0.25) is 0 Å². The van der Waals surface area contributed by atoms with Gasteiger partial charge in [0.25, 0.3) is 0 Å². The first-order valence-corrected chi connectivity index (χ1v) is 12.7. The van der Waals surface area contributed by atoms with Gasteiger partial charge < -0.3 is 14.6 Å². The number of unbranched alkanes of at least 4 members (excludes halogenated alkanes) is 2. The van der Waals surface area contributed by atoms with Crippen LogP contribution in [0.4, 0.5) is 5.69 Å². The summed E-state index contributed by atoms with van der Waals surface area (Å²) in [5.41, 5.74) is 1.50. The van der Waals surface area contributed by atoms with E-state index in [4.69, 9.17) is 4.74 Å². The van der Waals surface area contributed by atoms with E-state index >= 15 is 0 Å². The predicted molar refractivity (Wildman–Crippen MR) is 126 cm³/mol. The van der Waals surface area contributed by atoms with Crippen LogP contribution in [0, 0.1) is 0 Å². The van der Waals surface area contributed by atoms with E-state index in [0.29, 0.717) is 17.3 Å². The molecule has 0 atom stereocenters. The maximum absolute atomic E-state index is 12.8. The van der Waals surface area contributed by atoms with Crippen molar-refractivity contribution in [3.63, 3.8) is 0 Å². The largest absolute Gasteiger partial charge is 0.454 e. The first-order chi connectivity index (χ1) is 14.9. The Bertz CT molecular complexity index is 1060. The first kappa shape index (κ1) is 22.9. The van der Waals surface area contributed by atoms with Crippen LogP contribution in [-0.2, 0) is 9.84 Å². The van der Waals surface area contributed by atoms with E-state index in [1.807, 2.05) is 36.4 Å². The van der Waals surface area contributed by atoms with Crippen LogP contribution in [0.25, 0.3) is 11.4 Å². The number of benzene rings is 2. The van der Waals surface area contributed by atoms with Gasteiger partial charge in [-0.05, 0) is 37.1 Å². The molecule has 0 bridgehead atoms. The molecule has 0 aliphatic rings. The molecule has 3 rings (SSSR count). The summed E-state index contributed by atoms with van der Waals surface area (Å²) in [6.07, 6.45) is 8.73. The second-order valence-corrected chi connectivity index (χ2v) is 9.63. The number of aromatic nitrogens is 2. The van der Waals surface area contributed by atoms with E-state index in [-0.39, 0.29) is 4.90 Å². The number of anilines is 1. The molecule has 0 fully saturated rings. The SMILES string of the molecule is CCCCN(CCCC)c1cc(-c2ncc[nH]2)cc(S(C)(=O)=O)c1Oc1ccccc1. The molecule has 0 saturated carbocycles. The van der Waals surface area contributed by atoms with Crippen LogP contribution in [0.2, 0.25) is 0 Å². The molecule has 166 valence electrons. The zero-order valence-corrected chi connectivity index (χ0v) is 19.3. The lowest BCUT2D eigenvalue weighted by Crippen LogP contribution is -2.26. The van der Waals surface area contributed by atoms with E-state index in [2.05, 4.69) is 28.7 Å².